The minimum Gasteiger partial charge on any atom is -0.398 e. The molecule has 0 fully saturated rings. The number of halogens is 1. The number of hydrogen-bond donors (Lipinski definition) is 2. The fourth-order valence-corrected chi connectivity index (χ4v) is 1.20. The van der Waals surface area contributed by atoms with Crippen LogP contribution in [0.15, 0.2) is 22.7 Å². The molecule has 0 aliphatic rings. The normalized spacial score (nSPS) is 10.3. The number of carbonyl (C=O) groups is 1. The van der Waals surface area contributed by atoms with Gasteiger partial charge in [-0.25, -0.2) is 5.01 Å². The van der Waals surface area contributed by atoms with Gasteiger partial charge in [0.1, 0.15) is 0 Å². The van der Waals surface area contributed by atoms with Gasteiger partial charge in [-0.2, -0.15) is 0 Å². The van der Waals surface area contributed by atoms with Gasteiger partial charge in [0.05, 0.1) is 0 Å². The van der Waals surface area contributed by atoms with E-state index in [2.05, 4.69) is 21.4 Å². The highest BCUT2D eigenvalue weighted by molar-refractivity contribution is 9.10. The number of nitrogens with zero attached hydrogens (tertiary/aromatic N) is 1. The summed E-state index contributed by atoms with van der Waals surface area (Å²) >= 11 is 3.26. The number of rotatable bonds is 2. The summed E-state index contributed by atoms with van der Waals surface area (Å²) in [4.78, 5) is 11.5. The van der Waals surface area contributed by atoms with E-state index in [0.29, 0.717) is 11.3 Å². The highest BCUT2D eigenvalue weighted by Gasteiger charge is 2.07. The van der Waals surface area contributed by atoms with Crippen LogP contribution in [0.1, 0.15) is 10.4 Å². The van der Waals surface area contributed by atoms with E-state index in [9.17, 15) is 4.79 Å². The molecule has 76 valence electrons. The lowest BCUT2D eigenvalue weighted by atomic mass is 10.2. The van der Waals surface area contributed by atoms with Crippen LogP contribution >= 0.6 is 15.9 Å². The van der Waals surface area contributed by atoms with Gasteiger partial charge in [-0.05, 0) is 34.1 Å². The molecule has 1 rings (SSSR count). The van der Waals surface area contributed by atoms with Gasteiger partial charge in [0.15, 0.2) is 0 Å². The van der Waals surface area contributed by atoms with E-state index in [4.69, 9.17) is 5.73 Å². The number of benzene rings is 1. The molecule has 0 heterocycles. The summed E-state index contributed by atoms with van der Waals surface area (Å²) < 4.78 is 0.791. The van der Waals surface area contributed by atoms with Crippen LogP contribution in [0, 0.1) is 0 Å². The van der Waals surface area contributed by atoms with Crippen molar-refractivity contribution in [2.24, 2.45) is 0 Å². The van der Waals surface area contributed by atoms with E-state index < -0.39 is 0 Å². The van der Waals surface area contributed by atoms with Gasteiger partial charge in [0, 0.05) is 29.8 Å². The van der Waals surface area contributed by atoms with Crippen LogP contribution in [0.4, 0.5) is 5.69 Å². The van der Waals surface area contributed by atoms with Gasteiger partial charge in [0.2, 0.25) is 0 Å². The van der Waals surface area contributed by atoms with Crippen LogP contribution in [-0.2, 0) is 0 Å². The number of hydrazine groups is 1. The Morgan fingerprint density at radius 3 is 2.64 bits per heavy atom. The number of anilines is 1. The highest BCUT2D eigenvalue weighted by Crippen LogP contribution is 2.19. The number of carbonyl (C=O) groups excluding carboxylic acids is 1. The standard InChI is InChI=1S/C9H12BrN3O/c1-13(2)12-9(14)6-3-4-7(10)8(11)5-6/h3-5H,11H2,1-2H3,(H,12,14). The smallest absolute Gasteiger partial charge is 0.265 e. The predicted octanol–water partition coefficient (Wildman–Crippen LogP) is 1.24. The molecule has 1 amide bonds. The maximum atomic E-state index is 11.5. The first kappa shape index (κ1) is 11.0. The summed E-state index contributed by atoms with van der Waals surface area (Å²) in [5.74, 6) is -0.172. The van der Waals surface area contributed by atoms with Gasteiger partial charge in [-0.15, -0.1) is 0 Å². The first-order chi connectivity index (χ1) is 6.50. The van der Waals surface area contributed by atoms with Crippen LogP contribution < -0.4 is 11.2 Å². The van der Waals surface area contributed by atoms with Crippen LogP contribution in [0.3, 0.4) is 0 Å². The third-order valence-electron chi connectivity index (χ3n) is 1.58. The molecule has 5 heteroatoms. The summed E-state index contributed by atoms with van der Waals surface area (Å²) in [5, 5.41) is 1.58. The Morgan fingerprint density at radius 2 is 2.14 bits per heavy atom. The Kier molecular flexibility index (Phi) is 3.49. The monoisotopic (exact) mass is 257 g/mol. The first-order valence-corrected chi connectivity index (χ1v) is 4.83. The highest BCUT2D eigenvalue weighted by atomic mass is 79.9. The van der Waals surface area contributed by atoms with Crippen LogP contribution in [0.25, 0.3) is 0 Å². The van der Waals surface area contributed by atoms with Crippen LogP contribution in [0.2, 0.25) is 0 Å². The van der Waals surface area contributed by atoms with Crippen LogP contribution in [0.5, 0.6) is 0 Å². The molecule has 0 saturated carbocycles. The Bertz CT molecular complexity index is 352. The quantitative estimate of drug-likeness (QED) is 0.619. The molecular weight excluding hydrogens is 246 g/mol. The molecule has 1 aromatic carbocycles. The number of nitrogens with one attached hydrogen (secondary N) is 1. The Balaban J connectivity index is 2.86. The minimum atomic E-state index is -0.172. The molecule has 0 bridgehead atoms. The second-order valence-corrected chi connectivity index (χ2v) is 3.93. The molecule has 0 saturated heterocycles. The zero-order chi connectivity index (χ0) is 10.7. The van der Waals surface area contributed by atoms with E-state index in [1.165, 1.54) is 0 Å². The van der Waals surface area contributed by atoms with E-state index in [1.54, 1.807) is 37.3 Å². The number of nitrogen functional groups attached to an aromatic ring is 1. The largest absolute Gasteiger partial charge is 0.398 e. The number of nitrogens with two attached hydrogens (primary N) is 1. The van der Waals surface area contributed by atoms with Crippen molar-refractivity contribution in [2.75, 3.05) is 19.8 Å². The average Bonchev–Trinajstić information content (AvgIpc) is 2.08. The zero-order valence-electron chi connectivity index (χ0n) is 8.04. The molecule has 0 aliphatic heterocycles. The minimum absolute atomic E-state index is 0.172. The third kappa shape index (κ3) is 2.71. The van der Waals surface area contributed by atoms with Crippen molar-refractivity contribution in [3.8, 4) is 0 Å². The Morgan fingerprint density at radius 1 is 1.50 bits per heavy atom. The van der Waals surface area contributed by atoms with E-state index >= 15 is 0 Å². The van der Waals surface area contributed by atoms with Crippen molar-refractivity contribution in [3.05, 3.63) is 28.2 Å². The summed E-state index contributed by atoms with van der Waals surface area (Å²) in [6.45, 7) is 0. The first-order valence-electron chi connectivity index (χ1n) is 4.04. The maximum Gasteiger partial charge on any atom is 0.265 e. The fourth-order valence-electron chi connectivity index (χ4n) is 0.953. The second-order valence-electron chi connectivity index (χ2n) is 3.07. The van der Waals surface area contributed by atoms with Crippen molar-refractivity contribution in [2.45, 2.75) is 0 Å². The van der Waals surface area contributed by atoms with Crippen LogP contribution in [-0.4, -0.2) is 25.0 Å². The molecule has 0 atom stereocenters. The topological polar surface area (TPSA) is 58.4 Å². The SMILES string of the molecule is CN(C)NC(=O)c1ccc(Br)c(N)c1. The lowest BCUT2D eigenvalue weighted by molar-refractivity contribution is 0.0857. The van der Waals surface area contributed by atoms with Gasteiger partial charge in [-0.3, -0.25) is 10.2 Å². The van der Waals surface area contributed by atoms with Crippen molar-refractivity contribution in [3.63, 3.8) is 0 Å². The van der Waals surface area contributed by atoms with E-state index in [-0.39, 0.29) is 5.91 Å². The molecule has 0 aliphatic carbocycles. The molecule has 14 heavy (non-hydrogen) atoms. The maximum absolute atomic E-state index is 11.5. The molecule has 0 spiro atoms. The lowest BCUT2D eigenvalue weighted by Crippen LogP contribution is -2.36. The van der Waals surface area contributed by atoms with Gasteiger partial charge < -0.3 is 5.73 Å². The zero-order valence-corrected chi connectivity index (χ0v) is 9.63. The second kappa shape index (κ2) is 4.43. The van der Waals surface area contributed by atoms with Crippen molar-refractivity contribution < 1.29 is 4.79 Å². The molecule has 0 unspecified atom stereocenters. The lowest BCUT2D eigenvalue weighted by Gasteiger charge is -2.12. The van der Waals surface area contributed by atoms with Crippen molar-refractivity contribution >= 4 is 27.5 Å². The summed E-state index contributed by atoms with van der Waals surface area (Å²) in [6, 6.07) is 5.09. The molecule has 3 N–H and O–H groups in total. The van der Waals surface area contributed by atoms with Gasteiger partial charge >= 0.3 is 0 Å². The van der Waals surface area contributed by atoms with E-state index in [0.717, 1.165) is 4.47 Å². The molecular formula is C9H12BrN3O. The molecule has 1 aromatic rings. The van der Waals surface area contributed by atoms with E-state index in [1.807, 2.05) is 0 Å². The Hall–Kier alpha value is -1.07. The summed E-state index contributed by atoms with van der Waals surface area (Å²) in [5.41, 5.74) is 9.37. The average molecular weight is 258 g/mol. The molecule has 0 radical (unpaired) electrons. The van der Waals surface area contributed by atoms with Crippen molar-refractivity contribution in [1.29, 1.82) is 0 Å². The van der Waals surface area contributed by atoms with Crippen molar-refractivity contribution in [1.82, 2.24) is 10.4 Å². The number of amides is 1. The molecule has 4 nitrogen and oxygen atoms in total. The summed E-state index contributed by atoms with van der Waals surface area (Å²) in [7, 11) is 3.50. The molecule has 0 aromatic heterocycles. The fraction of sp³-hybridized carbons (Fsp3) is 0.222. The Labute approximate surface area is 91.2 Å². The van der Waals surface area contributed by atoms with Gasteiger partial charge in [0.25, 0.3) is 5.91 Å². The number of hydrogen-bond acceptors (Lipinski definition) is 3. The summed E-state index contributed by atoms with van der Waals surface area (Å²) in [6.07, 6.45) is 0. The van der Waals surface area contributed by atoms with Gasteiger partial charge in [-0.1, -0.05) is 0 Å². The third-order valence-corrected chi connectivity index (χ3v) is 2.31. The predicted molar refractivity (Wildman–Crippen MR) is 59.7 cm³/mol.